The molecule has 1 aliphatic heterocycles. The van der Waals surface area contributed by atoms with Crippen molar-refractivity contribution in [2.24, 2.45) is 0 Å². The third-order valence-corrected chi connectivity index (χ3v) is 8.48. The van der Waals surface area contributed by atoms with Gasteiger partial charge in [0.05, 0.1) is 17.3 Å². The van der Waals surface area contributed by atoms with Crippen LogP contribution in [0, 0.1) is 13.8 Å². The monoisotopic (exact) mass is 608 g/mol. The molecule has 0 bridgehead atoms. The number of carbonyl (C=O) groups excluding carboxylic acids is 3. The first kappa shape index (κ1) is 30.4. The van der Waals surface area contributed by atoms with Crippen LogP contribution < -0.4 is 9.64 Å². The van der Waals surface area contributed by atoms with Crippen molar-refractivity contribution in [1.29, 1.82) is 0 Å². The van der Waals surface area contributed by atoms with Gasteiger partial charge in [-0.1, -0.05) is 85.5 Å². The number of anilines is 1. The number of aliphatic hydroxyl groups is 1. The van der Waals surface area contributed by atoms with E-state index >= 15 is 0 Å². The number of ketones is 1. The third-order valence-electron chi connectivity index (χ3n) is 7.34. The number of aliphatic hydroxyl groups excluding tert-OH is 1. The van der Waals surface area contributed by atoms with Gasteiger partial charge in [-0.25, -0.2) is 9.78 Å². The zero-order valence-corrected chi connectivity index (χ0v) is 25.5. The number of aryl methyl sites for hydroxylation is 3. The van der Waals surface area contributed by atoms with Gasteiger partial charge in [0.25, 0.3) is 5.78 Å². The maximum Gasteiger partial charge on any atom is 0.350 e. The number of ether oxygens (including phenoxy) is 2. The van der Waals surface area contributed by atoms with Gasteiger partial charge in [-0.05, 0) is 60.7 Å². The van der Waals surface area contributed by atoms with Crippen LogP contribution in [-0.2, 0) is 27.4 Å². The summed E-state index contributed by atoms with van der Waals surface area (Å²) in [5.74, 6) is -1.98. The number of thiazole rings is 1. The number of rotatable bonds is 10. The van der Waals surface area contributed by atoms with Crippen molar-refractivity contribution in [2.45, 2.75) is 39.8 Å². The van der Waals surface area contributed by atoms with Gasteiger partial charge in [-0.15, -0.1) is 0 Å². The molecule has 0 aliphatic carbocycles. The summed E-state index contributed by atoms with van der Waals surface area (Å²) in [5.41, 5.74) is 4.12. The molecular formula is C35H32N2O6S. The van der Waals surface area contributed by atoms with Gasteiger partial charge < -0.3 is 14.6 Å². The first-order valence-electron chi connectivity index (χ1n) is 14.2. The van der Waals surface area contributed by atoms with E-state index in [2.05, 4.69) is 11.6 Å². The Balaban J connectivity index is 1.56. The number of hydrogen-bond donors (Lipinski definition) is 1. The molecule has 1 fully saturated rings. The minimum absolute atomic E-state index is 0.0231. The standard InChI is InChI=1S/C35H32N2O6S/c1-5-18-42-34(41)32-22(4)36-35(44-32)37-29(25-14-12-23(6-2)13-15-25)28(31(39)33(37)40)30(38)26-16-17-27(21(3)19-26)43-20-24-10-8-7-9-11-24/h5,7-17,19,29,38H,1,6,18,20H2,2-4H3/t29-/m1/s1. The molecule has 4 aromatic rings. The van der Waals surface area contributed by atoms with E-state index in [0.717, 1.165) is 34.4 Å². The van der Waals surface area contributed by atoms with Crippen LogP contribution in [0.4, 0.5) is 5.13 Å². The molecule has 8 nitrogen and oxygen atoms in total. The number of aromatic nitrogens is 1. The predicted molar refractivity (Wildman–Crippen MR) is 170 cm³/mol. The van der Waals surface area contributed by atoms with Crippen LogP contribution in [0.1, 0.15) is 56.1 Å². The second kappa shape index (κ2) is 13.1. The second-order valence-corrected chi connectivity index (χ2v) is 11.3. The molecule has 0 spiro atoms. The van der Waals surface area contributed by atoms with Gasteiger partial charge in [0.15, 0.2) is 5.13 Å². The van der Waals surface area contributed by atoms with Crippen LogP contribution in [0.15, 0.2) is 91.0 Å². The Labute approximate surface area is 259 Å². The molecule has 3 aromatic carbocycles. The van der Waals surface area contributed by atoms with E-state index < -0.39 is 23.7 Å². The van der Waals surface area contributed by atoms with E-state index in [0.29, 0.717) is 29.2 Å². The highest BCUT2D eigenvalue weighted by Crippen LogP contribution is 2.44. The van der Waals surface area contributed by atoms with Gasteiger partial charge >= 0.3 is 11.9 Å². The number of benzene rings is 3. The minimum Gasteiger partial charge on any atom is -0.507 e. The normalized spacial score (nSPS) is 15.8. The van der Waals surface area contributed by atoms with Crippen LogP contribution in [0.2, 0.25) is 0 Å². The lowest BCUT2D eigenvalue weighted by molar-refractivity contribution is -0.132. The lowest BCUT2D eigenvalue weighted by atomic mass is 9.94. The van der Waals surface area contributed by atoms with Gasteiger partial charge in [-0.2, -0.15) is 0 Å². The molecule has 44 heavy (non-hydrogen) atoms. The minimum atomic E-state index is -0.974. The van der Waals surface area contributed by atoms with E-state index in [4.69, 9.17) is 9.47 Å². The van der Waals surface area contributed by atoms with E-state index in [1.165, 1.54) is 11.0 Å². The molecule has 2 heterocycles. The van der Waals surface area contributed by atoms with Crippen LogP contribution in [0.25, 0.3) is 5.76 Å². The smallest absolute Gasteiger partial charge is 0.350 e. The summed E-state index contributed by atoms with van der Waals surface area (Å²) in [6.45, 7) is 9.47. The van der Waals surface area contributed by atoms with Gasteiger partial charge in [0, 0.05) is 5.56 Å². The Morgan fingerprint density at radius 2 is 1.77 bits per heavy atom. The average Bonchev–Trinajstić information content (AvgIpc) is 3.55. The summed E-state index contributed by atoms with van der Waals surface area (Å²) >= 11 is 0.957. The Bertz CT molecular complexity index is 1760. The highest BCUT2D eigenvalue weighted by Gasteiger charge is 2.48. The zero-order valence-electron chi connectivity index (χ0n) is 24.7. The Morgan fingerprint density at radius 1 is 1.05 bits per heavy atom. The van der Waals surface area contributed by atoms with Crippen molar-refractivity contribution < 1.29 is 29.0 Å². The molecule has 1 aliphatic rings. The van der Waals surface area contributed by atoms with E-state index in [-0.39, 0.29) is 27.9 Å². The Morgan fingerprint density at radius 3 is 2.43 bits per heavy atom. The lowest BCUT2D eigenvalue weighted by Crippen LogP contribution is -2.29. The number of nitrogens with zero attached hydrogens (tertiary/aromatic N) is 2. The molecule has 0 radical (unpaired) electrons. The third kappa shape index (κ3) is 6.05. The fourth-order valence-corrected chi connectivity index (χ4v) is 5.99. The topological polar surface area (TPSA) is 106 Å². The van der Waals surface area contributed by atoms with Crippen LogP contribution in [0.5, 0.6) is 5.75 Å². The summed E-state index contributed by atoms with van der Waals surface area (Å²) in [4.78, 5) is 45.8. The summed E-state index contributed by atoms with van der Waals surface area (Å²) in [7, 11) is 0. The van der Waals surface area contributed by atoms with Crippen LogP contribution >= 0.6 is 11.3 Å². The molecule has 224 valence electrons. The maximum absolute atomic E-state index is 13.6. The number of esters is 1. The highest BCUT2D eigenvalue weighted by atomic mass is 32.1. The summed E-state index contributed by atoms with van der Waals surface area (Å²) < 4.78 is 11.2. The quantitative estimate of drug-likeness (QED) is 0.0689. The zero-order chi connectivity index (χ0) is 31.4. The number of carbonyl (C=O) groups is 3. The van der Waals surface area contributed by atoms with Gasteiger partial charge in [0.2, 0.25) is 0 Å². The second-order valence-electron chi connectivity index (χ2n) is 10.3. The van der Waals surface area contributed by atoms with Crippen molar-refractivity contribution in [1.82, 2.24) is 4.98 Å². The van der Waals surface area contributed by atoms with Crippen molar-refractivity contribution in [3.63, 3.8) is 0 Å². The number of amides is 1. The van der Waals surface area contributed by atoms with Gasteiger partial charge in [-0.3, -0.25) is 14.5 Å². The molecule has 9 heteroatoms. The first-order valence-corrected chi connectivity index (χ1v) is 15.0. The molecule has 0 saturated carbocycles. The molecular weight excluding hydrogens is 576 g/mol. The Kier molecular flexibility index (Phi) is 9.06. The van der Waals surface area contributed by atoms with Crippen molar-refractivity contribution in [3.8, 4) is 5.75 Å². The molecule has 1 amide bonds. The lowest BCUT2D eigenvalue weighted by Gasteiger charge is -2.23. The SMILES string of the molecule is C=CCOC(=O)c1sc(N2C(=O)C(=O)C(=C(O)c3ccc(OCc4ccccc4)c(C)c3)[C@H]2c2ccc(CC)cc2)nc1C. The molecule has 1 atom stereocenters. The number of hydrogen-bond acceptors (Lipinski definition) is 8. The molecule has 5 rings (SSSR count). The fourth-order valence-electron chi connectivity index (χ4n) is 5.01. The van der Waals surface area contributed by atoms with E-state index in [1.54, 1.807) is 25.1 Å². The van der Waals surface area contributed by atoms with Crippen LogP contribution in [-0.4, -0.2) is 34.4 Å². The first-order chi connectivity index (χ1) is 21.2. The van der Waals surface area contributed by atoms with Crippen molar-refractivity contribution in [3.05, 3.63) is 129 Å². The fraction of sp³-hybridized carbons (Fsp3) is 0.200. The largest absolute Gasteiger partial charge is 0.507 e. The summed E-state index contributed by atoms with van der Waals surface area (Å²) in [6, 6.07) is 21.4. The molecule has 1 aromatic heterocycles. The average molecular weight is 609 g/mol. The summed E-state index contributed by atoms with van der Waals surface area (Å²) in [5, 5.41) is 11.8. The maximum atomic E-state index is 13.6. The Hall–Kier alpha value is -5.02. The van der Waals surface area contributed by atoms with E-state index in [1.807, 2.05) is 68.4 Å². The molecule has 1 saturated heterocycles. The molecule has 1 N–H and O–H groups in total. The molecule has 0 unspecified atom stereocenters. The summed E-state index contributed by atoms with van der Waals surface area (Å²) in [6.07, 6.45) is 2.26. The van der Waals surface area contributed by atoms with Crippen molar-refractivity contribution >= 4 is 39.9 Å². The van der Waals surface area contributed by atoms with Crippen LogP contribution in [0.3, 0.4) is 0 Å². The predicted octanol–water partition coefficient (Wildman–Crippen LogP) is 6.87. The van der Waals surface area contributed by atoms with Crippen molar-refractivity contribution in [2.75, 3.05) is 11.5 Å². The number of Topliss-reactive ketones (excluding diaryl/α,β-unsaturated/α-hetero) is 1. The highest BCUT2D eigenvalue weighted by molar-refractivity contribution is 7.17. The van der Waals surface area contributed by atoms with Gasteiger partial charge in [0.1, 0.15) is 29.6 Å². The van der Waals surface area contributed by atoms with E-state index in [9.17, 15) is 19.5 Å².